The molecule has 0 N–H and O–H groups in total. The van der Waals surface area contributed by atoms with E-state index in [0.29, 0.717) is 11.5 Å². The minimum absolute atomic E-state index is 0.429. The normalized spacial score (nSPS) is 21.4. The van der Waals surface area contributed by atoms with E-state index in [4.69, 9.17) is 4.74 Å². The number of hydrogen-bond donors (Lipinski definition) is 0. The van der Waals surface area contributed by atoms with Crippen molar-refractivity contribution in [3.8, 4) is 0 Å². The average Bonchev–Trinajstić information content (AvgIpc) is 2.06. The van der Waals surface area contributed by atoms with Gasteiger partial charge in [0.2, 0.25) is 0 Å². The van der Waals surface area contributed by atoms with Gasteiger partial charge in [-0.1, -0.05) is 20.8 Å². The molecular formula is C12H25NO. The Morgan fingerprint density at radius 2 is 1.79 bits per heavy atom. The summed E-state index contributed by atoms with van der Waals surface area (Å²) in [6.45, 7) is 13.5. The Bertz CT molecular complexity index is 154. The lowest BCUT2D eigenvalue weighted by atomic mass is 9.94. The highest BCUT2D eigenvalue weighted by Gasteiger charge is 2.22. The molecule has 0 unspecified atom stereocenters. The SMILES string of the molecule is CCOC1CCN(CC(C)(C)C)CC1. The van der Waals surface area contributed by atoms with Crippen LogP contribution in [-0.4, -0.2) is 37.2 Å². The Balaban J connectivity index is 2.22. The molecule has 1 fully saturated rings. The number of nitrogens with zero attached hydrogens (tertiary/aromatic N) is 1. The maximum absolute atomic E-state index is 5.63. The van der Waals surface area contributed by atoms with Gasteiger partial charge in [-0.2, -0.15) is 0 Å². The molecule has 2 nitrogen and oxygen atoms in total. The van der Waals surface area contributed by atoms with E-state index in [-0.39, 0.29) is 0 Å². The molecule has 0 atom stereocenters. The van der Waals surface area contributed by atoms with Crippen LogP contribution in [0.2, 0.25) is 0 Å². The number of likely N-dealkylation sites (tertiary alicyclic amines) is 1. The second-order valence-corrected chi connectivity index (χ2v) is 5.49. The predicted octanol–water partition coefficient (Wildman–Crippen LogP) is 2.53. The molecule has 1 rings (SSSR count). The molecule has 0 bridgehead atoms. The van der Waals surface area contributed by atoms with E-state index < -0.39 is 0 Å². The second kappa shape index (κ2) is 5.13. The third-order valence-electron chi connectivity index (χ3n) is 2.63. The lowest BCUT2D eigenvalue weighted by Gasteiger charge is -2.35. The van der Waals surface area contributed by atoms with Crippen LogP contribution in [0.3, 0.4) is 0 Å². The molecule has 0 spiro atoms. The van der Waals surface area contributed by atoms with Crippen molar-refractivity contribution in [3.63, 3.8) is 0 Å². The summed E-state index contributed by atoms with van der Waals surface area (Å²) in [5.41, 5.74) is 0.429. The Morgan fingerprint density at radius 3 is 2.21 bits per heavy atom. The zero-order valence-corrected chi connectivity index (χ0v) is 10.2. The summed E-state index contributed by atoms with van der Waals surface area (Å²) in [7, 11) is 0. The summed E-state index contributed by atoms with van der Waals surface area (Å²) in [6, 6.07) is 0. The van der Waals surface area contributed by atoms with Gasteiger partial charge in [0.05, 0.1) is 6.10 Å². The molecule has 1 saturated heterocycles. The Labute approximate surface area is 88.6 Å². The van der Waals surface area contributed by atoms with Crippen LogP contribution in [0.25, 0.3) is 0 Å². The summed E-state index contributed by atoms with van der Waals surface area (Å²) in [5, 5.41) is 0. The van der Waals surface area contributed by atoms with E-state index in [1.807, 2.05) is 0 Å². The average molecular weight is 199 g/mol. The number of rotatable bonds is 3. The first-order valence-electron chi connectivity index (χ1n) is 5.85. The molecule has 84 valence electrons. The highest BCUT2D eigenvalue weighted by molar-refractivity contribution is 4.76. The van der Waals surface area contributed by atoms with Crippen LogP contribution >= 0.6 is 0 Å². The van der Waals surface area contributed by atoms with Gasteiger partial charge in [0.1, 0.15) is 0 Å². The van der Waals surface area contributed by atoms with E-state index in [1.54, 1.807) is 0 Å². The molecule has 2 heteroatoms. The molecule has 1 heterocycles. The molecule has 0 saturated carbocycles. The van der Waals surface area contributed by atoms with Crippen molar-refractivity contribution in [1.29, 1.82) is 0 Å². The van der Waals surface area contributed by atoms with E-state index in [2.05, 4.69) is 32.6 Å². The third-order valence-corrected chi connectivity index (χ3v) is 2.63. The van der Waals surface area contributed by atoms with Crippen LogP contribution in [0.4, 0.5) is 0 Å². The fraction of sp³-hybridized carbons (Fsp3) is 1.00. The van der Waals surface area contributed by atoms with E-state index in [1.165, 1.54) is 32.5 Å². The molecule has 14 heavy (non-hydrogen) atoms. The summed E-state index contributed by atoms with van der Waals surface area (Å²) in [6.07, 6.45) is 2.95. The smallest absolute Gasteiger partial charge is 0.0599 e. The third kappa shape index (κ3) is 4.43. The van der Waals surface area contributed by atoms with Crippen molar-refractivity contribution in [2.45, 2.75) is 46.6 Å². The fourth-order valence-electron chi connectivity index (χ4n) is 2.14. The van der Waals surface area contributed by atoms with E-state index >= 15 is 0 Å². The first-order valence-corrected chi connectivity index (χ1v) is 5.85. The lowest BCUT2D eigenvalue weighted by Crippen LogP contribution is -2.41. The van der Waals surface area contributed by atoms with Gasteiger partial charge < -0.3 is 9.64 Å². The zero-order chi connectivity index (χ0) is 10.6. The van der Waals surface area contributed by atoms with Crippen molar-refractivity contribution in [3.05, 3.63) is 0 Å². The summed E-state index contributed by atoms with van der Waals surface area (Å²) >= 11 is 0. The topological polar surface area (TPSA) is 12.5 Å². The Morgan fingerprint density at radius 1 is 1.21 bits per heavy atom. The molecule has 1 aliphatic heterocycles. The van der Waals surface area contributed by atoms with E-state index in [0.717, 1.165) is 6.61 Å². The van der Waals surface area contributed by atoms with Crippen LogP contribution in [0.15, 0.2) is 0 Å². The van der Waals surface area contributed by atoms with Gasteiger partial charge in [-0.05, 0) is 25.2 Å². The van der Waals surface area contributed by atoms with Crippen LogP contribution in [0.5, 0.6) is 0 Å². The number of ether oxygens (including phenoxy) is 1. The summed E-state index contributed by atoms with van der Waals surface area (Å²) < 4.78 is 5.63. The highest BCUT2D eigenvalue weighted by Crippen LogP contribution is 2.20. The van der Waals surface area contributed by atoms with Crippen LogP contribution in [0, 0.1) is 5.41 Å². The minimum Gasteiger partial charge on any atom is -0.378 e. The van der Waals surface area contributed by atoms with Crippen molar-refractivity contribution >= 4 is 0 Å². The van der Waals surface area contributed by atoms with Gasteiger partial charge in [-0.3, -0.25) is 0 Å². The van der Waals surface area contributed by atoms with E-state index in [9.17, 15) is 0 Å². The number of hydrogen-bond acceptors (Lipinski definition) is 2. The predicted molar refractivity (Wildman–Crippen MR) is 60.5 cm³/mol. The van der Waals surface area contributed by atoms with Crippen molar-refractivity contribution in [2.75, 3.05) is 26.2 Å². The summed E-state index contributed by atoms with van der Waals surface area (Å²) in [4.78, 5) is 2.56. The van der Waals surface area contributed by atoms with Gasteiger partial charge >= 0.3 is 0 Å². The highest BCUT2D eigenvalue weighted by atomic mass is 16.5. The van der Waals surface area contributed by atoms with Crippen molar-refractivity contribution < 1.29 is 4.74 Å². The molecule has 0 aromatic rings. The first kappa shape index (κ1) is 12.0. The molecule has 0 radical (unpaired) electrons. The largest absolute Gasteiger partial charge is 0.378 e. The fourth-order valence-corrected chi connectivity index (χ4v) is 2.14. The zero-order valence-electron chi connectivity index (χ0n) is 10.2. The quantitative estimate of drug-likeness (QED) is 0.692. The van der Waals surface area contributed by atoms with Crippen LogP contribution in [-0.2, 0) is 4.74 Å². The lowest BCUT2D eigenvalue weighted by molar-refractivity contribution is 0.00767. The van der Waals surface area contributed by atoms with Crippen LogP contribution < -0.4 is 0 Å². The number of piperidine rings is 1. The van der Waals surface area contributed by atoms with Gasteiger partial charge in [0.15, 0.2) is 0 Å². The molecule has 1 aliphatic rings. The molecule has 0 aromatic heterocycles. The van der Waals surface area contributed by atoms with Gasteiger partial charge in [0, 0.05) is 26.2 Å². The molecule has 0 aliphatic carbocycles. The second-order valence-electron chi connectivity index (χ2n) is 5.49. The standard InChI is InChI=1S/C12H25NO/c1-5-14-11-6-8-13(9-7-11)10-12(2,3)4/h11H,5-10H2,1-4H3. The molecule has 0 amide bonds. The maximum atomic E-state index is 5.63. The monoisotopic (exact) mass is 199 g/mol. The summed E-state index contributed by atoms with van der Waals surface area (Å²) in [5.74, 6) is 0. The van der Waals surface area contributed by atoms with Gasteiger partial charge in [0.25, 0.3) is 0 Å². The minimum atomic E-state index is 0.429. The van der Waals surface area contributed by atoms with Gasteiger partial charge in [-0.15, -0.1) is 0 Å². The first-order chi connectivity index (χ1) is 6.51. The Kier molecular flexibility index (Phi) is 4.39. The molecular weight excluding hydrogens is 174 g/mol. The molecule has 0 aromatic carbocycles. The Hall–Kier alpha value is -0.0800. The van der Waals surface area contributed by atoms with Gasteiger partial charge in [-0.25, -0.2) is 0 Å². The van der Waals surface area contributed by atoms with Crippen molar-refractivity contribution in [1.82, 2.24) is 4.90 Å². The maximum Gasteiger partial charge on any atom is 0.0599 e. The van der Waals surface area contributed by atoms with Crippen molar-refractivity contribution in [2.24, 2.45) is 5.41 Å². The van der Waals surface area contributed by atoms with Crippen LogP contribution in [0.1, 0.15) is 40.5 Å².